The molecule has 2 aromatic heterocycles. The van der Waals surface area contributed by atoms with Crippen molar-refractivity contribution in [1.82, 2.24) is 20.0 Å². The van der Waals surface area contributed by atoms with Crippen molar-refractivity contribution < 1.29 is 18.7 Å². The largest absolute Gasteiger partial charge is 0.454 e. The van der Waals surface area contributed by atoms with Crippen LogP contribution < -0.4 is 14.8 Å². The number of hydrogen-bond acceptors (Lipinski definition) is 7. The molecule has 25 heavy (non-hydrogen) atoms. The molecule has 1 amide bonds. The molecule has 1 N–H and O–H groups in total. The van der Waals surface area contributed by atoms with Crippen molar-refractivity contribution in [2.75, 3.05) is 12.1 Å². The third-order valence-corrected chi connectivity index (χ3v) is 3.52. The van der Waals surface area contributed by atoms with Crippen molar-refractivity contribution in [2.24, 2.45) is 7.05 Å². The molecule has 9 heteroatoms. The molecule has 0 fully saturated rings. The fourth-order valence-corrected chi connectivity index (χ4v) is 2.30. The first-order valence-electron chi connectivity index (χ1n) is 7.39. The van der Waals surface area contributed by atoms with Crippen LogP contribution in [0.3, 0.4) is 0 Å². The maximum absolute atomic E-state index is 12.0. The molecule has 3 aromatic rings. The minimum Gasteiger partial charge on any atom is -0.454 e. The van der Waals surface area contributed by atoms with E-state index in [1.54, 1.807) is 42.2 Å². The van der Waals surface area contributed by atoms with Gasteiger partial charge in [0.15, 0.2) is 11.5 Å². The lowest BCUT2D eigenvalue weighted by Crippen LogP contribution is -2.07. The van der Waals surface area contributed by atoms with E-state index in [9.17, 15) is 4.79 Å². The van der Waals surface area contributed by atoms with Crippen LogP contribution >= 0.6 is 0 Å². The Hall–Kier alpha value is -3.62. The molecule has 3 heterocycles. The summed E-state index contributed by atoms with van der Waals surface area (Å²) >= 11 is 0. The smallest absolute Gasteiger partial charge is 0.322 e. The number of fused-ring (bicyclic) bond motifs is 1. The van der Waals surface area contributed by atoms with Crippen molar-refractivity contribution in [3.63, 3.8) is 0 Å². The van der Waals surface area contributed by atoms with Crippen LogP contribution in [0.2, 0.25) is 0 Å². The summed E-state index contributed by atoms with van der Waals surface area (Å²) < 4.78 is 17.5. The van der Waals surface area contributed by atoms with Crippen molar-refractivity contribution in [2.45, 2.75) is 0 Å². The van der Waals surface area contributed by atoms with E-state index in [0.29, 0.717) is 17.2 Å². The predicted octanol–water partition coefficient (Wildman–Crippen LogP) is 1.85. The summed E-state index contributed by atoms with van der Waals surface area (Å²) in [4.78, 5) is 12.0. The van der Waals surface area contributed by atoms with Crippen LogP contribution in [-0.4, -0.2) is 32.7 Å². The number of rotatable bonds is 4. The average Bonchev–Trinajstić information content (AvgIpc) is 3.33. The Labute approximate surface area is 141 Å². The summed E-state index contributed by atoms with van der Waals surface area (Å²) in [6.07, 6.45) is 4.63. The van der Waals surface area contributed by atoms with Crippen LogP contribution in [0.15, 0.2) is 41.0 Å². The molecule has 0 atom stereocenters. The molecule has 1 aliphatic rings. The van der Waals surface area contributed by atoms with Gasteiger partial charge < -0.3 is 13.9 Å². The SMILES string of the molecule is Cn1nccc1-c1nnc(NC(=O)/C=C/c2ccc3c(c2)OCO3)o1. The maximum atomic E-state index is 12.0. The van der Waals surface area contributed by atoms with E-state index in [-0.39, 0.29) is 18.7 Å². The van der Waals surface area contributed by atoms with Crippen molar-refractivity contribution in [1.29, 1.82) is 0 Å². The van der Waals surface area contributed by atoms with E-state index in [4.69, 9.17) is 13.9 Å². The van der Waals surface area contributed by atoms with Gasteiger partial charge in [-0.1, -0.05) is 11.2 Å². The zero-order valence-electron chi connectivity index (χ0n) is 13.2. The zero-order chi connectivity index (χ0) is 17.2. The Morgan fingerprint density at radius 2 is 2.12 bits per heavy atom. The Bertz CT molecular complexity index is 959. The van der Waals surface area contributed by atoms with Gasteiger partial charge >= 0.3 is 6.01 Å². The number of carbonyl (C=O) groups is 1. The summed E-state index contributed by atoms with van der Waals surface area (Å²) in [6.45, 7) is 0.207. The molecule has 0 saturated heterocycles. The highest BCUT2D eigenvalue weighted by molar-refractivity contribution is 6.00. The van der Waals surface area contributed by atoms with Gasteiger partial charge in [0, 0.05) is 19.3 Å². The number of hydrogen-bond donors (Lipinski definition) is 1. The topological polar surface area (TPSA) is 104 Å². The highest BCUT2D eigenvalue weighted by atomic mass is 16.7. The lowest BCUT2D eigenvalue weighted by atomic mass is 10.2. The molecular weight excluding hydrogens is 326 g/mol. The number of anilines is 1. The van der Waals surface area contributed by atoms with Crippen LogP contribution in [0.4, 0.5) is 6.01 Å². The Morgan fingerprint density at radius 3 is 2.96 bits per heavy atom. The van der Waals surface area contributed by atoms with Crippen molar-refractivity contribution >= 4 is 18.0 Å². The normalized spacial score (nSPS) is 12.7. The van der Waals surface area contributed by atoms with E-state index in [2.05, 4.69) is 20.6 Å². The third-order valence-electron chi connectivity index (χ3n) is 3.52. The average molecular weight is 339 g/mol. The van der Waals surface area contributed by atoms with Gasteiger partial charge in [-0.05, 0) is 29.8 Å². The van der Waals surface area contributed by atoms with Crippen LogP contribution in [0.1, 0.15) is 5.56 Å². The van der Waals surface area contributed by atoms with Gasteiger partial charge in [0.05, 0.1) is 0 Å². The molecule has 4 rings (SSSR count). The van der Waals surface area contributed by atoms with E-state index in [1.165, 1.54) is 6.08 Å². The number of aromatic nitrogens is 4. The second-order valence-corrected chi connectivity index (χ2v) is 5.19. The highest BCUT2D eigenvalue weighted by Gasteiger charge is 2.14. The monoisotopic (exact) mass is 339 g/mol. The Kier molecular flexibility index (Phi) is 3.65. The highest BCUT2D eigenvalue weighted by Crippen LogP contribution is 2.32. The number of benzene rings is 1. The lowest BCUT2D eigenvalue weighted by molar-refractivity contribution is -0.112. The summed E-state index contributed by atoms with van der Waals surface area (Å²) in [7, 11) is 1.76. The molecule has 126 valence electrons. The lowest BCUT2D eigenvalue weighted by Gasteiger charge is -1.98. The molecule has 1 aliphatic heterocycles. The van der Waals surface area contributed by atoms with Gasteiger partial charge in [0.2, 0.25) is 6.79 Å². The van der Waals surface area contributed by atoms with Crippen LogP contribution in [0.5, 0.6) is 11.5 Å². The van der Waals surface area contributed by atoms with Gasteiger partial charge in [0.1, 0.15) is 5.69 Å². The number of aryl methyl sites for hydroxylation is 1. The molecular formula is C16H13N5O4. The first-order valence-corrected chi connectivity index (χ1v) is 7.39. The van der Waals surface area contributed by atoms with E-state index in [0.717, 1.165) is 5.56 Å². The number of amides is 1. The van der Waals surface area contributed by atoms with Crippen molar-refractivity contribution in [3.05, 3.63) is 42.1 Å². The van der Waals surface area contributed by atoms with Gasteiger partial charge in [-0.3, -0.25) is 14.8 Å². The minimum atomic E-state index is -0.391. The van der Waals surface area contributed by atoms with Gasteiger partial charge in [-0.15, -0.1) is 5.10 Å². The number of carbonyl (C=O) groups excluding carboxylic acids is 1. The molecule has 9 nitrogen and oxygen atoms in total. The first-order chi connectivity index (χ1) is 12.2. The molecule has 0 radical (unpaired) electrons. The second-order valence-electron chi connectivity index (χ2n) is 5.19. The summed E-state index contributed by atoms with van der Waals surface area (Å²) in [5, 5.41) is 14.2. The Morgan fingerprint density at radius 1 is 1.24 bits per heavy atom. The van der Waals surface area contributed by atoms with E-state index in [1.807, 2.05) is 6.07 Å². The quantitative estimate of drug-likeness (QED) is 0.723. The summed E-state index contributed by atoms with van der Waals surface area (Å²) in [6, 6.07) is 7.15. The fourth-order valence-electron chi connectivity index (χ4n) is 2.30. The Balaban J connectivity index is 1.42. The zero-order valence-corrected chi connectivity index (χ0v) is 13.2. The molecule has 0 spiro atoms. The number of nitrogens with one attached hydrogen (secondary N) is 1. The summed E-state index contributed by atoms with van der Waals surface area (Å²) in [5.41, 5.74) is 1.46. The van der Waals surface area contributed by atoms with Gasteiger partial charge in [-0.25, -0.2) is 0 Å². The van der Waals surface area contributed by atoms with Crippen molar-refractivity contribution in [3.8, 4) is 23.1 Å². The predicted molar refractivity (Wildman–Crippen MR) is 86.7 cm³/mol. The van der Waals surface area contributed by atoms with E-state index < -0.39 is 5.91 Å². The first kappa shape index (κ1) is 14.9. The minimum absolute atomic E-state index is 0.0107. The standard InChI is InChI=1S/C16H13N5O4/c1-21-11(6-7-17-21)15-19-20-16(25-15)18-14(22)5-3-10-2-4-12-13(8-10)24-9-23-12/h2-8H,9H2,1H3,(H,18,20,22)/b5-3+. The van der Waals surface area contributed by atoms with Gasteiger partial charge in [0.25, 0.3) is 11.8 Å². The molecule has 0 bridgehead atoms. The second kappa shape index (κ2) is 6.11. The number of nitrogens with zero attached hydrogens (tertiary/aromatic N) is 4. The molecule has 0 aliphatic carbocycles. The molecule has 0 unspecified atom stereocenters. The van der Waals surface area contributed by atoms with Gasteiger partial charge in [-0.2, -0.15) is 5.10 Å². The maximum Gasteiger partial charge on any atom is 0.322 e. The summed E-state index contributed by atoms with van der Waals surface area (Å²) in [5.74, 6) is 1.23. The van der Waals surface area contributed by atoms with E-state index >= 15 is 0 Å². The van der Waals surface area contributed by atoms with Crippen LogP contribution in [-0.2, 0) is 11.8 Å². The molecule has 0 saturated carbocycles. The van der Waals surface area contributed by atoms with Crippen LogP contribution in [0.25, 0.3) is 17.7 Å². The third kappa shape index (κ3) is 3.07. The van der Waals surface area contributed by atoms with Crippen LogP contribution in [0, 0.1) is 0 Å². The number of ether oxygens (including phenoxy) is 2. The fraction of sp³-hybridized carbons (Fsp3) is 0.125. The molecule has 1 aromatic carbocycles.